The SMILES string of the molecule is CC(C)NC(=O)C(=O)NC1C(=O)N(C)c2ccccc21. The molecular weight excluding hydrogens is 258 g/mol. The van der Waals surface area contributed by atoms with Gasteiger partial charge in [-0.2, -0.15) is 0 Å². The normalized spacial score (nSPS) is 17.1. The standard InChI is InChI=1S/C14H17N3O3/c1-8(2)15-12(18)13(19)16-11-9-6-4-5-7-10(9)17(3)14(11)20/h4-8,11H,1-3H3,(H,15,18)(H,16,19). The maximum atomic E-state index is 12.1. The Bertz CT molecular complexity index is 569. The Morgan fingerprint density at radius 1 is 1.20 bits per heavy atom. The highest BCUT2D eigenvalue weighted by Gasteiger charge is 2.36. The average molecular weight is 275 g/mol. The lowest BCUT2D eigenvalue weighted by Gasteiger charge is -2.13. The molecular formula is C14H17N3O3. The third kappa shape index (κ3) is 2.49. The number of amides is 3. The summed E-state index contributed by atoms with van der Waals surface area (Å²) < 4.78 is 0. The van der Waals surface area contributed by atoms with Crippen molar-refractivity contribution in [3.8, 4) is 0 Å². The van der Waals surface area contributed by atoms with Crippen molar-refractivity contribution in [1.82, 2.24) is 10.6 Å². The lowest BCUT2D eigenvalue weighted by atomic mass is 10.1. The Labute approximate surface area is 117 Å². The summed E-state index contributed by atoms with van der Waals surface area (Å²) in [5.41, 5.74) is 1.44. The Balaban J connectivity index is 2.16. The van der Waals surface area contributed by atoms with Crippen molar-refractivity contribution in [3.63, 3.8) is 0 Å². The van der Waals surface area contributed by atoms with E-state index in [1.54, 1.807) is 39.1 Å². The van der Waals surface area contributed by atoms with Gasteiger partial charge >= 0.3 is 11.8 Å². The first-order valence-corrected chi connectivity index (χ1v) is 6.39. The molecule has 3 amide bonds. The van der Waals surface area contributed by atoms with Gasteiger partial charge in [0.15, 0.2) is 0 Å². The van der Waals surface area contributed by atoms with Crippen molar-refractivity contribution in [2.45, 2.75) is 25.9 Å². The number of para-hydroxylation sites is 1. The van der Waals surface area contributed by atoms with E-state index in [1.807, 2.05) is 6.07 Å². The van der Waals surface area contributed by atoms with Crippen molar-refractivity contribution in [3.05, 3.63) is 29.8 Å². The fourth-order valence-electron chi connectivity index (χ4n) is 2.15. The van der Waals surface area contributed by atoms with E-state index < -0.39 is 17.9 Å². The monoisotopic (exact) mass is 275 g/mol. The zero-order valence-corrected chi connectivity index (χ0v) is 11.6. The smallest absolute Gasteiger partial charge is 0.310 e. The van der Waals surface area contributed by atoms with Crippen LogP contribution in [0.15, 0.2) is 24.3 Å². The molecule has 1 aromatic rings. The molecule has 1 atom stereocenters. The summed E-state index contributed by atoms with van der Waals surface area (Å²) in [7, 11) is 1.64. The van der Waals surface area contributed by atoms with Crippen molar-refractivity contribution >= 4 is 23.4 Å². The third-order valence-corrected chi connectivity index (χ3v) is 3.09. The summed E-state index contributed by atoms with van der Waals surface area (Å²) in [5.74, 6) is -1.79. The fraction of sp³-hybridized carbons (Fsp3) is 0.357. The molecule has 1 aromatic carbocycles. The first kappa shape index (κ1) is 14.0. The zero-order chi connectivity index (χ0) is 14.9. The number of benzene rings is 1. The summed E-state index contributed by atoms with van der Waals surface area (Å²) in [6, 6.07) is 6.23. The predicted molar refractivity (Wildman–Crippen MR) is 74.0 cm³/mol. The number of anilines is 1. The van der Waals surface area contributed by atoms with Gasteiger partial charge in [-0.05, 0) is 19.9 Å². The Morgan fingerprint density at radius 2 is 1.85 bits per heavy atom. The lowest BCUT2D eigenvalue weighted by molar-refractivity contribution is -0.140. The van der Waals surface area contributed by atoms with E-state index in [-0.39, 0.29) is 11.9 Å². The van der Waals surface area contributed by atoms with Crippen LogP contribution < -0.4 is 15.5 Å². The van der Waals surface area contributed by atoms with Crippen LogP contribution in [0.5, 0.6) is 0 Å². The summed E-state index contributed by atoms with van der Waals surface area (Å²) in [6.45, 7) is 3.52. The highest BCUT2D eigenvalue weighted by atomic mass is 16.2. The number of carbonyl (C=O) groups excluding carboxylic acids is 3. The highest BCUT2D eigenvalue weighted by Crippen LogP contribution is 2.34. The topological polar surface area (TPSA) is 78.5 Å². The minimum atomic E-state index is -0.804. The van der Waals surface area contributed by atoms with Crippen LogP contribution in [0.4, 0.5) is 5.69 Å². The summed E-state index contributed by atoms with van der Waals surface area (Å²) in [5, 5.41) is 4.97. The molecule has 0 aliphatic carbocycles. The molecule has 106 valence electrons. The van der Waals surface area contributed by atoms with Crippen LogP contribution in [0.2, 0.25) is 0 Å². The van der Waals surface area contributed by atoms with Gasteiger partial charge in [0.25, 0.3) is 5.91 Å². The molecule has 1 aliphatic rings. The van der Waals surface area contributed by atoms with Crippen LogP contribution in [0.25, 0.3) is 0 Å². The van der Waals surface area contributed by atoms with E-state index in [9.17, 15) is 14.4 Å². The maximum Gasteiger partial charge on any atom is 0.310 e. The minimum Gasteiger partial charge on any atom is -0.346 e. The number of rotatable bonds is 2. The first-order chi connectivity index (χ1) is 9.41. The maximum absolute atomic E-state index is 12.1. The molecule has 0 bridgehead atoms. The molecule has 1 unspecified atom stereocenters. The number of nitrogens with one attached hydrogen (secondary N) is 2. The van der Waals surface area contributed by atoms with Crippen LogP contribution >= 0.6 is 0 Å². The molecule has 1 aliphatic heterocycles. The Morgan fingerprint density at radius 3 is 2.50 bits per heavy atom. The van der Waals surface area contributed by atoms with Gasteiger partial charge in [-0.3, -0.25) is 14.4 Å². The molecule has 2 N–H and O–H groups in total. The fourth-order valence-corrected chi connectivity index (χ4v) is 2.15. The van der Waals surface area contributed by atoms with Gasteiger partial charge in [-0.15, -0.1) is 0 Å². The molecule has 6 nitrogen and oxygen atoms in total. The molecule has 0 saturated carbocycles. The van der Waals surface area contributed by atoms with Gasteiger partial charge < -0.3 is 15.5 Å². The van der Waals surface area contributed by atoms with Crippen molar-refractivity contribution in [2.75, 3.05) is 11.9 Å². The van der Waals surface area contributed by atoms with Crippen LogP contribution in [0.3, 0.4) is 0 Å². The molecule has 0 aromatic heterocycles. The van der Waals surface area contributed by atoms with Gasteiger partial charge in [0.1, 0.15) is 6.04 Å². The van der Waals surface area contributed by atoms with Gasteiger partial charge in [0, 0.05) is 24.3 Å². The van der Waals surface area contributed by atoms with Crippen molar-refractivity contribution in [1.29, 1.82) is 0 Å². The van der Waals surface area contributed by atoms with E-state index in [2.05, 4.69) is 10.6 Å². The van der Waals surface area contributed by atoms with Gasteiger partial charge in [-0.25, -0.2) is 0 Å². The minimum absolute atomic E-state index is 0.137. The van der Waals surface area contributed by atoms with E-state index >= 15 is 0 Å². The Hall–Kier alpha value is -2.37. The number of hydrogen-bond donors (Lipinski definition) is 2. The van der Waals surface area contributed by atoms with Crippen molar-refractivity contribution < 1.29 is 14.4 Å². The van der Waals surface area contributed by atoms with E-state index in [0.717, 1.165) is 5.69 Å². The lowest BCUT2D eigenvalue weighted by Crippen LogP contribution is -2.45. The van der Waals surface area contributed by atoms with E-state index in [0.29, 0.717) is 5.56 Å². The molecule has 0 fully saturated rings. The van der Waals surface area contributed by atoms with Gasteiger partial charge in [0.05, 0.1) is 0 Å². The largest absolute Gasteiger partial charge is 0.346 e. The van der Waals surface area contributed by atoms with Gasteiger partial charge in [-0.1, -0.05) is 18.2 Å². The molecule has 0 spiro atoms. The van der Waals surface area contributed by atoms with E-state index in [1.165, 1.54) is 4.90 Å². The second kappa shape index (κ2) is 5.32. The second-order valence-electron chi connectivity index (χ2n) is 4.99. The van der Waals surface area contributed by atoms with Crippen LogP contribution in [0.1, 0.15) is 25.5 Å². The Kier molecular flexibility index (Phi) is 3.74. The predicted octanol–water partition coefficient (Wildman–Crippen LogP) is 0.345. The van der Waals surface area contributed by atoms with Crippen LogP contribution in [0, 0.1) is 0 Å². The van der Waals surface area contributed by atoms with Crippen molar-refractivity contribution in [2.24, 2.45) is 0 Å². The quantitative estimate of drug-likeness (QED) is 0.764. The van der Waals surface area contributed by atoms with Crippen LogP contribution in [-0.4, -0.2) is 30.8 Å². The summed E-state index contributed by atoms with van der Waals surface area (Å²) in [4.78, 5) is 37.0. The molecule has 20 heavy (non-hydrogen) atoms. The van der Waals surface area contributed by atoms with Crippen LogP contribution in [-0.2, 0) is 14.4 Å². The zero-order valence-electron chi connectivity index (χ0n) is 11.6. The number of nitrogens with zero attached hydrogens (tertiary/aromatic N) is 1. The number of likely N-dealkylation sites (N-methyl/N-ethyl adjacent to an activating group) is 1. The van der Waals surface area contributed by atoms with Gasteiger partial charge in [0.2, 0.25) is 0 Å². The third-order valence-electron chi connectivity index (χ3n) is 3.09. The average Bonchev–Trinajstić information content (AvgIpc) is 2.64. The molecule has 0 radical (unpaired) electrons. The number of hydrogen-bond acceptors (Lipinski definition) is 3. The highest BCUT2D eigenvalue weighted by molar-refractivity contribution is 6.35. The molecule has 1 heterocycles. The second-order valence-corrected chi connectivity index (χ2v) is 4.99. The first-order valence-electron chi connectivity index (χ1n) is 6.39. The summed E-state index contributed by atoms with van der Waals surface area (Å²) >= 11 is 0. The van der Waals surface area contributed by atoms with E-state index in [4.69, 9.17) is 0 Å². The molecule has 6 heteroatoms. The molecule has 0 saturated heterocycles. The molecule has 2 rings (SSSR count). The number of carbonyl (C=O) groups is 3. The summed E-state index contributed by atoms with van der Waals surface area (Å²) in [6.07, 6.45) is 0. The number of fused-ring (bicyclic) bond motifs is 1.